The Hall–Kier alpha value is -2.68. The van der Waals surface area contributed by atoms with Gasteiger partial charge in [-0.1, -0.05) is 0 Å². The van der Waals surface area contributed by atoms with Crippen molar-refractivity contribution in [3.05, 3.63) is 0 Å². The number of carbonyl (C=O) groups is 4. The first-order chi connectivity index (χ1) is 14.9. The standard InChI is InChI=1S/C21H32NO10/c1-8-9-22(6,7)10-11-27-21-20(31-16(5)26)19(30-15(4)25)18(29-14(3)24)17(32-21)12-28-13(2)23/h1,17-21H,9-12H2,2-7H3/q+1/t17-,18-,19+,20-,21?/m1/s1. The molecule has 32 heavy (non-hydrogen) atoms. The van der Waals surface area contributed by atoms with E-state index in [0.29, 0.717) is 17.6 Å². The Morgan fingerprint density at radius 2 is 1.41 bits per heavy atom. The molecule has 1 saturated heterocycles. The maximum Gasteiger partial charge on any atom is 0.303 e. The third-order valence-electron chi connectivity index (χ3n) is 4.45. The van der Waals surface area contributed by atoms with E-state index >= 15 is 0 Å². The zero-order valence-electron chi connectivity index (χ0n) is 19.3. The number of nitrogens with zero attached hydrogens (tertiary/aromatic N) is 1. The molecule has 1 rings (SSSR count). The van der Waals surface area contributed by atoms with Gasteiger partial charge in [-0.2, -0.15) is 0 Å². The Morgan fingerprint density at radius 1 is 0.875 bits per heavy atom. The lowest BCUT2D eigenvalue weighted by Gasteiger charge is -2.44. The minimum atomic E-state index is -1.26. The highest BCUT2D eigenvalue weighted by Crippen LogP contribution is 2.30. The first-order valence-electron chi connectivity index (χ1n) is 10.0. The van der Waals surface area contributed by atoms with Gasteiger partial charge in [0.1, 0.15) is 25.8 Å². The molecule has 5 atom stereocenters. The van der Waals surface area contributed by atoms with Crippen molar-refractivity contribution in [2.45, 2.75) is 58.4 Å². The van der Waals surface area contributed by atoms with Gasteiger partial charge in [0.2, 0.25) is 0 Å². The van der Waals surface area contributed by atoms with Crippen molar-refractivity contribution in [2.75, 3.05) is 40.4 Å². The Morgan fingerprint density at radius 3 is 1.91 bits per heavy atom. The van der Waals surface area contributed by atoms with Crippen molar-refractivity contribution in [2.24, 2.45) is 0 Å². The van der Waals surface area contributed by atoms with E-state index in [1.807, 2.05) is 14.1 Å². The Bertz CT molecular complexity index is 729. The molecule has 0 aromatic rings. The molecule has 180 valence electrons. The summed E-state index contributed by atoms with van der Waals surface area (Å²) < 4.78 is 33.1. The number of likely N-dealkylation sites (N-methyl/N-ethyl adjacent to an activating group) is 1. The van der Waals surface area contributed by atoms with Crippen LogP contribution in [0.4, 0.5) is 0 Å². The van der Waals surface area contributed by atoms with Gasteiger partial charge in [-0.05, 0) is 5.92 Å². The number of ether oxygens (including phenoxy) is 6. The lowest BCUT2D eigenvalue weighted by Crippen LogP contribution is -2.63. The number of carbonyl (C=O) groups excluding carboxylic acids is 4. The molecule has 11 nitrogen and oxygen atoms in total. The fourth-order valence-electron chi connectivity index (χ4n) is 3.07. The fraction of sp³-hybridized carbons (Fsp3) is 0.714. The van der Waals surface area contributed by atoms with Gasteiger partial charge in [0, 0.05) is 27.7 Å². The van der Waals surface area contributed by atoms with Gasteiger partial charge in [-0.25, -0.2) is 0 Å². The van der Waals surface area contributed by atoms with E-state index in [1.54, 1.807) is 0 Å². The summed E-state index contributed by atoms with van der Waals surface area (Å²) in [6, 6.07) is 0. The molecule has 0 saturated carbocycles. The van der Waals surface area contributed by atoms with E-state index in [2.05, 4.69) is 5.92 Å². The maximum atomic E-state index is 11.8. The van der Waals surface area contributed by atoms with Crippen molar-refractivity contribution in [1.82, 2.24) is 0 Å². The molecule has 1 heterocycles. The second-order valence-corrected chi connectivity index (χ2v) is 7.96. The fourth-order valence-corrected chi connectivity index (χ4v) is 3.07. The predicted octanol–water partition coefficient (Wildman–Crippen LogP) is -0.204. The van der Waals surface area contributed by atoms with Crippen LogP contribution >= 0.6 is 0 Å². The summed E-state index contributed by atoms with van der Waals surface area (Å²) in [7, 11) is 3.83. The summed E-state index contributed by atoms with van der Waals surface area (Å²) in [4.78, 5) is 46.6. The maximum absolute atomic E-state index is 11.8. The lowest BCUT2D eigenvalue weighted by molar-refractivity contribution is -0.883. The molecule has 0 amide bonds. The van der Waals surface area contributed by atoms with Crippen LogP contribution in [-0.2, 0) is 47.6 Å². The van der Waals surface area contributed by atoms with Gasteiger partial charge >= 0.3 is 23.9 Å². The average molecular weight is 458 g/mol. The van der Waals surface area contributed by atoms with Gasteiger partial charge in [0.05, 0.1) is 20.7 Å². The van der Waals surface area contributed by atoms with Gasteiger partial charge in [-0.3, -0.25) is 19.2 Å². The molecular formula is C21H32NO10+. The van der Waals surface area contributed by atoms with Gasteiger partial charge < -0.3 is 32.9 Å². The molecule has 0 N–H and O–H groups in total. The largest absolute Gasteiger partial charge is 0.463 e. The second-order valence-electron chi connectivity index (χ2n) is 7.96. The molecular weight excluding hydrogens is 426 g/mol. The van der Waals surface area contributed by atoms with Crippen molar-refractivity contribution >= 4 is 23.9 Å². The number of quaternary nitrogens is 1. The molecule has 0 spiro atoms. The van der Waals surface area contributed by atoms with Gasteiger partial charge in [0.15, 0.2) is 24.6 Å². The highest BCUT2D eigenvalue weighted by Gasteiger charge is 2.52. The van der Waals surface area contributed by atoms with E-state index in [-0.39, 0.29) is 13.2 Å². The highest BCUT2D eigenvalue weighted by atomic mass is 16.7. The topological polar surface area (TPSA) is 124 Å². The van der Waals surface area contributed by atoms with Crippen LogP contribution in [0.1, 0.15) is 27.7 Å². The summed E-state index contributed by atoms with van der Waals surface area (Å²) >= 11 is 0. The monoisotopic (exact) mass is 458 g/mol. The minimum absolute atomic E-state index is 0.155. The number of hydrogen-bond acceptors (Lipinski definition) is 10. The van der Waals surface area contributed by atoms with E-state index in [9.17, 15) is 19.2 Å². The summed E-state index contributed by atoms with van der Waals surface area (Å²) in [5, 5.41) is 0. The molecule has 0 aromatic carbocycles. The molecule has 1 unspecified atom stereocenters. The van der Waals surface area contributed by atoms with E-state index in [0.717, 1.165) is 13.8 Å². The molecule has 1 aliphatic heterocycles. The zero-order chi connectivity index (χ0) is 24.5. The van der Waals surface area contributed by atoms with Gasteiger partial charge in [0.25, 0.3) is 0 Å². The zero-order valence-corrected chi connectivity index (χ0v) is 19.3. The SMILES string of the molecule is C#CC[N+](C)(C)CCOC1O[C@H](COC(C)=O)[C@@H](OC(C)=O)[C@H](OC(C)=O)[C@H]1OC(C)=O. The third kappa shape index (κ3) is 9.21. The quantitative estimate of drug-likeness (QED) is 0.188. The molecule has 0 aromatic heterocycles. The first kappa shape index (κ1) is 27.4. The van der Waals surface area contributed by atoms with Gasteiger partial charge in [-0.15, -0.1) is 6.42 Å². The molecule has 11 heteroatoms. The number of esters is 4. The Labute approximate surface area is 187 Å². The predicted molar refractivity (Wildman–Crippen MR) is 109 cm³/mol. The number of terminal acetylenes is 1. The van der Waals surface area contributed by atoms with E-state index in [4.69, 9.17) is 34.8 Å². The van der Waals surface area contributed by atoms with Crippen LogP contribution in [0.2, 0.25) is 0 Å². The number of rotatable bonds is 10. The normalized spacial score (nSPS) is 25.2. The molecule has 0 aliphatic carbocycles. The van der Waals surface area contributed by atoms with Crippen molar-refractivity contribution in [3.8, 4) is 12.3 Å². The highest BCUT2D eigenvalue weighted by molar-refractivity contribution is 5.68. The first-order valence-corrected chi connectivity index (χ1v) is 10.0. The van der Waals surface area contributed by atoms with Crippen LogP contribution in [0.5, 0.6) is 0 Å². The lowest BCUT2D eigenvalue weighted by atomic mass is 9.98. The summed E-state index contributed by atoms with van der Waals surface area (Å²) in [6.45, 7) is 5.48. The smallest absolute Gasteiger partial charge is 0.303 e. The van der Waals surface area contributed by atoms with Crippen LogP contribution in [0, 0.1) is 12.3 Å². The van der Waals surface area contributed by atoms with E-state index in [1.165, 1.54) is 13.8 Å². The minimum Gasteiger partial charge on any atom is -0.463 e. The van der Waals surface area contributed by atoms with Crippen LogP contribution < -0.4 is 0 Å². The van der Waals surface area contributed by atoms with Crippen LogP contribution in [0.25, 0.3) is 0 Å². The molecule has 1 aliphatic rings. The van der Waals surface area contributed by atoms with Crippen molar-refractivity contribution in [1.29, 1.82) is 0 Å². The number of hydrogen-bond donors (Lipinski definition) is 0. The summed E-state index contributed by atoms with van der Waals surface area (Å²) in [5.41, 5.74) is 0. The third-order valence-corrected chi connectivity index (χ3v) is 4.45. The van der Waals surface area contributed by atoms with Crippen molar-refractivity contribution < 1.29 is 52.1 Å². The molecule has 0 bridgehead atoms. The summed E-state index contributed by atoms with van der Waals surface area (Å²) in [6.07, 6.45) is -0.565. The Kier molecular flexibility index (Phi) is 10.6. The van der Waals surface area contributed by atoms with Crippen LogP contribution in [0.3, 0.4) is 0 Å². The van der Waals surface area contributed by atoms with E-state index < -0.39 is 54.6 Å². The Balaban J connectivity index is 3.21. The average Bonchev–Trinajstić information content (AvgIpc) is 2.63. The summed E-state index contributed by atoms with van der Waals surface area (Å²) in [5.74, 6) is -0.0999. The van der Waals surface area contributed by atoms with Crippen LogP contribution in [-0.4, -0.2) is 99.5 Å². The van der Waals surface area contributed by atoms with Crippen LogP contribution in [0.15, 0.2) is 0 Å². The van der Waals surface area contributed by atoms with Crippen molar-refractivity contribution in [3.63, 3.8) is 0 Å². The molecule has 1 fully saturated rings. The second kappa shape index (κ2) is 12.4. The molecule has 0 radical (unpaired) electrons.